The number of carbonyl (C=O) groups excluding carboxylic acids is 2. The molecule has 2 heterocycles. The second-order valence-electron chi connectivity index (χ2n) is 6.84. The molecule has 0 saturated carbocycles. The fraction of sp³-hybridized carbons (Fsp3) is 0.227. The highest BCUT2D eigenvalue weighted by Crippen LogP contribution is 2.23. The normalized spacial score (nSPS) is 14.6. The molecule has 142 valence electrons. The zero-order valence-electron chi connectivity index (χ0n) is 15.4. The van der Waals surface area contributed by atoms with Crippen LogP contribution in [0.1, 0.15) is 23.2 Å². The number of piperidine rings is 1. The zero-order chi connectivity index (χ0) is 19.3. The highest BCUT2D eigenvalue weighted by Gasteiger charge is 2.28. The first-order valence-corrected chi connectivity index (χ1v) is 10.2. The van der Waals surface area contributed by atoms with E-state index >= 15 is 0 Å². The van der Waals surface area contributed by atoms with Crippen molar-refractivity contribution in [1.29, 1.82) is 0 Å². The van der Waals surface area contributed by atoms with Crippen LogP contribution in [0.5, 0.6) is 0 Å². The largest absolute Gasteiger partial charge is 0.339 e. The predicted octanol–water partition coefficient (Wildman–Crippen LogP) is 4.30. The molecule has 1 aromatic heterocycles. The van der Waals surface area contributed by atoms with Crippen molar-refractivity contribution in [2.45, 2.75) is 12.8 Å². The summed E-state index contributed by atoms with van der Waals surface area (Å²) in [5.41, 5.74) is 2.91. The zero-order valence-corrected chi connectivity index (χ0v) is 16.2. The van der Waals surface area contributed by atoms with Crippen molar-refractivity contribution in [2.75, 3.05) is 18.4 Å². The Balaban J connectivity index is 1.34. The maximum atomic E-state index is 12.8. The van der Waals surface area contributed by atoms with Gasteiger partial charge in [-0.2, -0.15) is 0 Å². The number of benzene rings is 2. The number of hydrogen-bond acceptors (Lipinski definition) is 4. The number of thiazole rings is 1. The van der Waals surface area contributed by atoms with Gasteiger partial charge in [0.1, 0.15) is 0 Å². The molecule has 1 N–H and O–H groups in total. The summed E-state index contributed by atoms with van der Waals surface area (Å²) in [6.45, 7) is 1.18. The number of rotatable bonds is 4. The molecule has 2 aromatic carbocycles. The smallest absolute Gasteiger partial charge is 0.253 e. The van der Waals surface area contributed by atoms with Crippen LogP contribution in [-0.2, 0) is 4.79 Å². The SMILES string of the molecule is O=C(Nc1nccs1)C1CCN(C(=O)c2ccc(-c3ccccc3)cc2)CC1. The number of aromatic nitrogens is 1. The minimum atomic E-state index is -0.0755. The molecule has 0 radical (unpaired) electrons. The quantitative estimate of drug-likeness (QED) is 0.721. The summed E-state index contributed by atoms with van der Waals surface area (Å²) in [5, 5.41) is 5.31. The standard InChI is InChI=1S/C22H21N3O2S/c26-20(24-22-23-12-15-28-22)18-10-13-25(14-11-18)21(27)19-8-6-17(7-9-19)16-4-2-1-3-5-16/h1-9,12,15,18H,10-11,13-14H2,(H,23,24,26). The highest BCUT2D eigenvalue weighted by molar-refractivity contribution is 7.13. The number of likely N-dealkylation sites (tertiary alicyclic amines) is 1. The average molecular weight is 391 g/mol. The maximum absolute atomic E-state index is 12.8. The van der Waals surface area contributed by atoms with Crippen LogP contribution in [0.15, 0.2) is 66.2 Å². The summed E-state index contributed by atoms with van der Waals surface area (Å²) in [5.74, 6) is -0.0546. The lowest BCUT2D eigenvalue weighted by molar-refractivity contribution is -0.121. The Morgan fingerprint density at radius 3 is 2.29 bits per heavy atom. The molecular weight excluding hydrogens is 370 g/mol. The van der Waals surface area contributed by atoms with Gasteiger partial charge in [0.25, 0.3) is 5.91 Å². The van der Waals surface area contributed by atoms with Gasteiger partial charge in [-0.15, -0.1) is 11.3 Å². The van der Waals surface area contributed by atoms with E-state index in [0.29, 0.717) is 36.6 Å². The van der Waals surface area contributed by atoms with Crippen molar-refractivity contribution < 1.29 is 9.59 Å². The first-order valence-electron chi connectivity index (χ1n) is 9.36. The van der Waals surface area contributed by atoms with E-state index in [0.717, 1.165) is 11.1 Å². The molecule has 5 nitrogen and oxygen atoms in total. The van der Waals surface area contributed by atoms with Crippen LogP contribution >= 0.6 is 11.3 Å². The van der Waals surface area contributed by atoms with Crippen LogP contribution in [0.25, 0.3) is 11.1 Å². The number of amides is 2. The van der Waals surface area contributed by atoms with Crippen molar-refractivity contribution in [3.05, 3.63) is 71.7 Å². The Hall–Kier alpha value is -2.99. The fourth-order valence-corrected chi connectivity index (χ4v) is 3.99. The lowest BCUT2D eigenvalue weighted by Crippen LogP contribution is -2.41. The van der Waals surface area contributed by atoms with Gasteiger partial charge in [-0.1, -0.05) is 42.5 Å². The van der Waals surface area contributed by atoms with E-state index < -0.39 is 0 Å². The van der Waals surface area contributed by atoms with Gasteiger partial charge < -0.3 is 10.2 Å². The molecule has 0 aliphatic carbocycles. The molecule has 2 amide bonds. The minimum Gasteiger partial charge on any atom is -0.339 e. The van der Waals surface area contributed by atoms with E-state index in [2.05, 4.69) is 22.4 Å². The first kappa shape index (κ1) is 18.4. The molecule has 0 unspecified atom stereocenters. The van der Waals surface area contributed by atoms with Crippen molar-refractivity contribution in [1.82, 2.24) is 9.88 Å². The molecule has 6 heteroatoms. The summed E-state index contributed by atoms with van der Waals surface area (Å²) in [7, 11) is 0. The van der Waals surface area contributed by atoms with Crippen LogP contribution in [0.4, 0.5) is 5.13 Å². The molecule has 1 saturated heterocycles. The molecule has 28 heavy (non-hydrogen) atoms. The number of nitrogens with zero attached hydrogens (tertiary/aromatic N) is 2. The summed E-state index contributed by atoms with van der Waals surface area (Å²) in [6, 6.07) is 17.8. The van der Waals surface area contributed by atoms with Crippen LogP contribution in [0.3, 0.4) is 0 Å². The number of nitrogens with one attached hydrogen (secondary N) is 1. The number of carbonyl (C=O) groups is 2. The molecule has 0 atom stereocenters. The minimum absolute atomic E-state index is 0.00531. The number of anilines is 1. The van der Waals surface area contributed by atoms with Gasteiger partial charge in [0.15, 0.2) is 5.13 Å². The highest BCUT2D eigenvalue weighted by atomic mass is 32.1. The van der Waals surface area contributed by atoms with Crippen LogP contribution in [0, 0.1) is 5.92 Å². The molecule has 3 aromatic rings. The second kappa shape index (κ2) is 8.35. The summed E-state index contributed by atoms with van der Waals surface area (Å²) >= 11 is 1.41. The third kappa shape index (κ3) is 4.12. The van der Waals surface area contributed by atoms with Crippen LogP contribution in [-0.4, -0.2) is 34.8 Å². The molecule has 4 rings (SSSR count). The third-order valence-corrected chi connectivity index (χ3v) is 5.74. The van der Waals surface area contributed by atoms with Gasteiger partial charge in [0.05, 0.1) is 0 Å². The van der Waals surface area contributed by atoms with E-state index in [4.69, 9.17) is 0 Å². The van der Waals surface area contributed by atoms with E-state index in [1.807, 2.05) is 52.7 Å². The third-order valence-electron chi connectivity index (χ3n) is 5.05. The monoisotopic (exact) mass is 391 g/mol. The van der Waals surface area contributed by atoms with Gasteiger partial charge in [0, 0.05) is 36.1 Å². The summed E-state index contributed by atoms with van der Waals surface area (Å²) in [4.78, 5) is 31.1. The molecular formula is C22H21N3O2S. The van der Waals surface area contributed by atoms with E-state index in [1.54, 1.807) is 6.20 Å². The molecule has 0 bridgehead atoms. The van der Waals surface area contributed by atoms with Crippen molar-refractivity contribution >= 4 is 28.3 Å². The molecule has 1 fully saturated rings. The Labute approximate surface area is 168 Å². The Morgan fingerprint density at radius 1 is 0.964 bits per heavy atom. The number of hydrogen-bond donors (Lipinski definition) is 1. The molecule has 1 aliphatic rings. The van der Waals surface area contributed by atoms with Crippen molar-refractivity contribution in [3.8, 4) is 11.1 Å². The Bertz CT molecular complexity index is 932. The van der Waals surface area contributed by atoms with Gasteiger partial charge in [-0.05, 0) is 36.1 Å². The lowest BCUT2D eigenvalue weighted by atomic mass is 9.95. The van der Waals surface area contributed by atoms with E-state index in [9.17, 15) is 9.59 Å². The first-order chi connectivity index (χ1) is 13.7. The Morgan fingerprint density at radius 2 is 1.64 bits per heavy atom. The fourth-order valence-electron chi connectivity index (χ4n) is 3.46. The summed E-state index contributed by atoms with van der Waals surface area (Å²) in [6.07, 6.45) is 3.01. The topological polar surface area (TPSA) is 62.3 Å². The predicted molar refractivity (Wildman–Crippen MR) is 111 cm³/mol. The molecule has 0 spiro atoms. The van der Waals surface area contributed by atoms with E-state index in [1.165, 1.54) is 11.3 Å². The van der Waals surface area contributed by atoms with Crippen LogP contribution < -0.4 is 5.32 Å². The average Bonchev–Trinajstić information content (AvgIpc) is 3.27. The Kier molecular flexibility index (Phi) is 5.48. The van der Waals surface area contributed by atoms with Crippen LogP contribution in [0.2, 0.25) is 0 Å². The van der Waals surface area contributed by atoms with E-state index in [-0.39, 0.29) is 17.7 Å². The maximum Gasteiger partial charge on any atom is 0.253 e. The van der Waals surface area contributed by atoms with Gasteiger partial charge in [-0.3, -0.25) is 9.59 Å². The lowest BCUT2D eigenvalue weighted by Gasteiger charge is -2.31. The molecule has 1 aliphatic heterocycles. The van der Waals surface area contributed by atoms with Crippen molar-refractivity contribution in [3.63, 3.8) is 0 Å². The van der Waals surface area contributed by atoms with Gasteiger partial charge in [-0.25, -0.2) is 4.98 Å². The van der Waals surface area contributed by atoms with Gasteiger partial charge >= 0.3 is 0 Å². The van der Waals surface area contributed by atoms with Crippen molar-refractivity contribution in [2.24, 2.45) is 5.92 Å². The summed E-state index contributed by atoms with van der Waals surface area (Å²) < 4.78 is 0. The second-order valence-corrected chi connectivity index (χ2v) is 7.73. The van der Waals surface area contributed by atoms with Gasteiger partial charge in [0.2, 0.25) is 5.91 Å².